The van der Waals surface area contributed by atoms with Crippen LogP contribution in [-0.4, -0.2) is 43.8 Å². The number of benzene rings is 1. The largest absolute Gasteiger partial charge is 0.454 e. The van der Waals surface area contributed by atoms with E-state index in [2.05, 4.69) is 10.6 Å². The third-order valence-electron chi connectivity index (χ3n) is 3.53. The summed E-state index contributed by atoms with van der Waals surface area (Å²) in [5.41, 5.74) is 0.617. The van der Waals surface area contributed by atoms with Gasteiger partial charge >= 0.3 is 5.97 Å². The first-order chi connectivity index (χ1) is 12.9. The molecule has 2 rings (SSSR count). The Morgan fingerprint density at radius 2 is 2.11 bits per heavy atom. The van der Waals surface area contributed by atoms with E-state index in [0.717, 1.165) is 6.42 Å². The highest BCUT2D eigenvalue weighted by Gasteiger charge is 2.18. The second kappa shape index (κ2) is 9.82. The maximum Gasteiger partial charge on any atom is 0.331 e. The van der Waals surface area contributed by atoms with Crippen molar-refractivity contribution in [1.29, 1.82) is 0 Å². The van der Waals surface area contributed by atoms with Crippen LogP contribution in [0.1, 0.15) is 25.8 Å². The van der Waals surface area contributed by atoms with E-state index in [-0.39, 0.29) is 12.7 Å². The van der Waals surface area contributed by atoms with Gasteiger partial charge in [0.2, 0.25) is 12.7 Å². The zero-order valence-corrected chi connectivity index (χ0v) is 15.8. The Balaban J connectivity index is 1.79. The van der Waals surface area contributed by atoms with E-state index in [4.69, 9.17) is 25.8 Å². The van der Waals surface area contributed by atoms with E-state index in [1.165, 1.54) is 12.2 Å². The standard InChI is InChI=1S/C18H21ClN2O6/c1-3-6-20-18(24)11(2)21-15(22)9-25-16(23)5-4-12-7-13(19)17-14(8-12)26-10-27-17/h4-5,7-8,11H,3,6,9-10H2,1-2H3,(H,20,24)(H,21,22)/b5-4+/t11-/m1/s1. The molecule has 1 aliphatic heterocycles. The Hall–Kier alpha value is -2.74. The minimum Gasteiger partial charge on any atom is -0.454 e. The van der Waals surface area contributed by atoms with Gasteiger partial charge in [0.1, 0.15) is 6.04 Å². The van der Waals surface area contributed by atoms with Gasteiger partial charge in [-0.3, -0.25) is 9.59 Å². The van der Waals surface area contributed by atoms with Crippen LogP contribution < -0.4 is 20.1 Å². The molecule has 27 heavy (non-hydrogen) atoms. The lowest BCUT2D eigenvalue weighted by molar-refractivity contribution is -0.144. The average Bonchev–Trinajstić information content (AvgIpc) is 3.11. The fourth-order valence-corrected chi connectivity index (χ4v) is 2.46. The van der Waals surface area contributed by atoms with Crippen LogP contribution in [0.15, 0.2) is 18.2 Å². The number of halogens is 1. The second-order valence-corrected chi connectivity index (χ2v) is 6.16. The van der Waals surface area contributed by atoms with Gasteiger partial charge in [0.25, 0.3) is 5.91 Å². The van der Waals surface area contributed by atoms with Gasteiger partial charge in [-0.1, -0.05) is 18.5 Å². The number of esters is 1. The molecule has 8 nitrogen and oxygen atoms in total. The highest BCUT2D eigenvalue weighted by molar-refractivity contribution is 6.32. The molecule has 1 atom stereocenters. The number of fused-ring (bicyclic) bond motifs is 1. The molecule has 0 unspecified atom stereocenters. The molecular formula is C18H21ClN2O6. The van der Waals surface area contributed by atoms with Crippen LogP contribution in [0.5, 0.6) is 11.5 Å². The predicted molar refractivity (Wildman–Crippen MR) is 98.5 cm³/mol. The van der Waals surface area contributed by atoms with Crippen LogP contribution >= 0.6 is 11.6 Å². The zero-order valence-electron chi connectivity index (χ0n) is 15.0. The lowest BCUT2D eigenvalue weighted by atomic mass is 10.2. The van der Waals surface area contributed by atoms with Gasteiger partial charge in [0.05, 0.1) is 5.02 Å². The molecule has 146 valence electrons. The molecule has 2 N–H and O–H groups in total. The van der Waals surface area contributed by atoms with E-state index < -0.39 is 24.5 Å². The molecule has 0 radical (unpaired) electrons. The molecule has 0 spiro atoms. The summed E-state index contributed by atoms with van der Waals surface area (Å²) in [5.74, 6) is -0.615. The van der Waals surface area contributed by atoms with Gasteiger partial charge in [0, 0.05) is 12.6 Å². The smallest absolute Gasteiger partial charge is 0.331 e. The molecule has 9 heteroatoms. The number of carbonyl (C=O) groups is 3. The Morgan fingerprint density at radius 3 is 2.85 bits per heavy atom. The second-order valence-electron chi connectivity index (χ2n) is 5.76. The normalized spacial score (nSPS) is 13.3. The molecule has 1 aliphatic rings. The first kappa shape index (κ1) is 20.6. The van der Waals surface area contributed by atoms with Crippen molar-refractivity contribution in [2.75, 3.05) is 19.9 Å². The van der Waals surface area contributed by atoms with Crippen LogP contribution in [0.3, 0.4) is 0 Å². The van der Waals surface area contributed by atoms with E-state index >= 15 is 0 Å². The minimum absolute atomic E-state index is 0.0915. The number of hydrogen-bond donors (Lipinski definition) is 2. The number of amides is 2. The van der Waals surface area contributed by atoms with Crippen LogP contribution in [0.4, 0.5) is 0 Å². The van der Waals surface area contributed by atoms with Crippen molar-refractivity contribution in [1.82, 2.24) is 10.6 Å². The molecule has 0 saturated heterocycles. The van der Waals surface area contributed by atoms with E-state index in [1.54, 1.807) is 19.1 Å². The third kappa shape index (κ3) is 6.18. The first-order valence-corrected chi connectivity index (χ1v) is 8.79. The summed E-state index contributed by atoms with van der Waals surface area (Å²) in [7, 11) is 0. The molecular weight excluding hydrogens is 376 g/mol. The summed E-state index contributed by atoms with van der Waals surface area (Å²) in [6.45, 7) is 3.61. The van der Waals surface area contributed by atoms with Crippen LogP contribution in [0.2, 0.25) is 5.02 Å². The van der Waals surface area contributed by atoms with E-state index in [1.807, 2.05) is 6.92 Å². The van der Waals surface area contributed by atoms with Crippen molar-refractivity contribution in [3.63, 3.8) is 0 Å². The summed E-state index contributed by atoms with van der Waals surface area (Å²) in [5, 5.41) is 5.48. The predicted octanol–water partition coefficient (Wildman–Crippen LogP) is 1.66. The number of rotatable bonds is 8. The monoisotopic (exact) mass is 396 g/mol. The SMILES string of the molecule is CCCNC(=O)[C@@H](C)NC(=O)COC(=O)/C=C/c1cc(Cl)c2c(c1)OCO2. The number of hydrogen-bond acceptors (Lipinski definition) is 6. The molecule has 0 bridgehead atoms. The van der Waals surface area contributed by atoms with Gasteiger partial charge in [-0.2, -0.15) is 0 Å². The summed E-state index contributed by atoms with van der Waals surface area (Å²) >= 11 is 6.06. The van der Waals surface area contributed by atoms with Gasteiger partial charge in [-0.15, -0.1) is 0 Å². The lowest BCUT2D eigenvalue weighted by Gasteiger charge is -2.13. The lowest BCUT2D eigenvalue weighted by Crippen LogP contribution is -2.46. The maximum absolute atomic E-state index is 11.7. The molecule has 0 aromatic heterocycles. The van der Waals surface area contributed by atoms with Crippen molar-refractivity contribution in [3.8, 4) is 11.5 Å². The van der Waals surface area contributed by atoms with Crippen LogP contribution in [-0.2, 0) is 19.1 Å². The molecule has 2 amide bonds. The third-order valence-corrected chi connectivity index (χ3v) is 3.81. The molecule has 0 saturated carbocycles. The van der Waals surface area contributed by atoms with Crippen molar-refractivity contribution in [3.05, 3.63) is 28.8 Å². The zero-order chi connectivity index (χ0) is 19.8. The van der Waals surface area contributed by atoms with Crippen molar-refractivity contribution in [2.24, 2.45) is 0 Å². The Labute approximate surface area is 161 Å². The Kier molecular flexibility index (Phi) is 7.48. The van der Waals surface area contributed by atoms with Crippen molar-refractivity contribution in [2.45, 2.75) is 26.3 Å². The summed E-state index contributed by atoms with van der Waals surface area (Å²) in [4.78, 5) is 35.2. The topological polar surface area (TPSA) is 103 Å². The molecule has 0 aliphatic carbocycles. The summed E-state index contributed by atoms with van der Waals surface area (Å²) in [6, 6.07) is 2.57. The molecule has 1 aromatic carbocycles. The number of nitrogens with one attached hydrogen (secondary N) is 2. The number of ether oxygens (including phenoxy) is 3. The first-order valence-electron chi connectivity index (χ1n) is 8.41. The van der Waals surface area contributed by atoms with Crippen LogP contribution in [0, 0.1) is 0 Å². The summed E-state index contributed by atoms with van der Waals surface area (Å²) < 4.78 is 15.3. The summed E-state index contributed by atoms with van der Waals surface area (Å²) in [6.07, 6.45) is 3.44. The van der Waals surface area contributed by atoms with Crippen molar-refractivity contribution < 1.29 is 28.6 Å². The van der Waals surface area contributed by atoms with Gasteiger partial charge < -0.3 is 24.8 Å². The molecule has 1 heterocycles. The molecule has 0 fully saturated rings. The van der Waals surface area contributed by atoms with Crippen LogP contribution in [0.25, 0.3) is 6.08 Å². The fourth-order valence-electron chi connectivity index (χ4n) is 2.18. The number of carbonyl (C=O) groups excluding carboxylic acids is 3. The maximum atomic E-state index is 11.7. The van der Waals surface area contributed by atoms with E-state index in [9.17, 15) is 14.4 Å². The fraction of sp³-hybridized carbons (Fsp3) is 0.389. The highest BCUT2D eigenvalue weighted by atomic mass is 35.5. The van der Waals surface area contributed by atoms with Gasteiger partial charge in [-0.05, 0) is 37.1 Å². The van der Waals surface area contributed by atoms with Gasteiger partial charge in [0.15, 0.2) is 18.1 Å². The van der Waals surface area contributed by atoms with Gasteiger partial charge in [-0.25, -0.2) is 4.79 Å². The van der Waals surface area contributed by atoms with E-state index in [0.29, 0.717) is 28.6 Å². The Bertz CT molecular complexity index is 750. The minimum atomic E-state index is -0.714. The average molecular weight is 397 g/mol. The molecule has 1 aromatic rings. The van der Waals surface area contributed by atoms with Crippen molar-refractivity contribution >= 4 is 35.5 Å². The highest BCUT2D eigenvalue weighted by Crippen LogP contribution is 2.40. The quantitative estimate of drug-likeness (QED) is 0.511. The Morgan fingerprint density at radius 1 is 1.33 bits per heavy atom.